The van der Waals surface area contributed by atoms with E-state index in [4.69, 9.17) is 0 Å². The van der Waals surface area contributed by atoms with Gasteiger partial charge in [-0.3, -0.25) is 19.3 Å². The van der Waals surface area contributed by atoms with Crippen molar-refractivity contribution in [1.82, 2.24) is 24.6 Å². The number of halogens is 2. The van der Waals surface area contributed by atoms with E-state index < -0.39 is 12.5 Å². The predicted molar refractivity (Wildman–Crippen MR) is 106 cm³/mol. The number of rotatable bonds is 5. The summed E-state index contributed by atoms with van der Waals surface area (Å²) < 4.78 is 26.8. The minimum absolute atomic E-state index is 0.214. The van der Waals surface area contributed by atoms with Gasteiger partial charge < -0.3 is 14.9 Å². The number of carbonyl (C=O) groups is 2. The molecule has 2 amide bonds. The zero-order chi connectivity index (χ0) is 22.1. The number of aliphatic hydroxyl groups is 1. The Labute approximate surface area is 178 Å². The molecule has 0 radical (unpaired) electrons. The quantitative estimate of drug-likeness (QED) is 0.777. The van der Waals surface area contributed by atoms with Crippen LogP contribution in [0, 0.1) is 11.8 Å². The average Bonchev–Trinajstić information content (AvgIpc) is 3.52. The van der Waals surface area contributed by atoms with Gasteiger partial charge in [-0.25, -0.2) is 8.78 Å². The number of carbonyl (C=O) groups excluding carboxylic acids is 2. The summed E-state index contributed by atoms with van der Waals surface area (Å²) in [6.07, 6.45) is 0.486. The van der Waals surface area contributed by atoms with Gasteiger partial charge in [0.2, 0.25) is 0 Å². The van der Waals surface area contributed by atoms with Crippen molar-refractivity contribution in [1.29, 1.82) is 0 Å². The van der Waals surface area contributed by atoms with Crippen LogP contribution in [-0.2, 0) is 11.8 Å². The normalized spacial score (nSPS) is 22.4. The van der Waals surface area contributed by atoms with Crippen LogP contribution in [0.5, 0.6) is 0 Å². The van der Waals surface area contributed by atoms with Crippen molar-refractivity contribution < 1.29 is 23.5 Å². The summed E-state index contributed by atoms with van der Waals surface area (Å²) >= 11 is 0. The third-order valence-electron chi connectivity index (χ3n) is 6.34. The fraction of sp³-hybridized carbons (Fsp3) is 0.524. The molecule has 166 valence electrons. The van der Waals surface area contributed by atoms with Crippen LogP contribution in [0.1, 0.15) is 47.1 Å². The molecule has 2 fully saturated rings. The molecule has 1 N–H and O–H groups in total. The highest BCUT2D eigenvalue weighted by Crippen LogP contribution is 2.33. The molecule has 2 aliphatic heterocycles. The van der Waals surface area contributed by atoms with Crippen LogP contribution in [0.15, 0.2) is 30.6 Å². The van der Waals surface area contributed by atoms with Crippen molar-refractivity contribution in [3.8, 4) is 0 Å². The van der Waals surface area contributed by atoms with Gasteiger partial charge in [-0.1, -0.05) is 0 Å². The average molecular weight is 433 g/mol. The lowest BCUT2D eigenvalue weighted by atomic mass is 9.91. The zero-order valence-corrected chi connectivity index (χ0v) is 17.2. The van der Waals surface area contributed by atoms with E-state index in [-0.39, 0.29) is 29.3 Å². The first kappa shape index (κ1) is 21.4. The number of hydrogen-bond donors (Lipinski definition) is 1. The second kappa shape index (κ2) is 8.70. The topological polar surface area (TPSA) is 91.6 Å². The molecule has 2 aromatic heterocycles. The highest BCUT2D eigenvalue weighted by Gasteiger charge is 2.38. The predicted octanol–water partition coefficient (Wildman–Crippen LogP) is 1.80. The number of alkyl halides is 2. The molecule has 0 aromatic carbocycles. The number of aryl methyl sites for hydroxylation is 1. The van der Waals surface area contributed by atoms with E-state index in [1.807, 2.05) is 0 Å². The Balaban J connectivity index is 1.33. The number of aliphatic hydroxyl groups excluding tert-OH is 1. The summed E-state index contributed by atoms with van der Waals surface area (Å²) in [4.78, 5) is 32.5. The van der Waals surface area contributed by atoms with Crippen LogP contribution in [0.4, 0.5) is 8.78 Å². The van der Waals surface area contributed by atoms with Gasteiger partial charge in [0.15, 0.2) is 6.10 Å². The van der Waals surface area contributed by atoms with Gasteiger partial charge in [0, 0.05) is 45.6 Å². The minimum Gasteiger partial charge on any atom is -0.377 e. The van der Waals surface area contributed by atoms with E-state index in [9.17, 15) is 23.5 Å². The Kier molecular flexibility index (Phi) is 5.99. The second-order valence-electron chi connectivity index (χ2n) is 8.19. The molecule has 4 rings (SSSR count). The summed E-state index contributed by atoms with van der Waals surface area (Å²) in [5, 5.41) is 14.4. The Morgan fingerprint density at radius 2 is 1.77 bits per heavy atom. The summed E-state index contributed by atoms with van der Waals surface area (Å²) in [6.45, 7) is 2.27. The number of aromatic nitrogens is 3. The number of likely N-dealkylation sites (tertiary alicyclic amines) is 2. The number of amides is 2. The zero-order valence-electron chi connectivity index (χ0n) is 17.2. The van der Waals surface area contributed by atoms with Gasteiger partial charge in [0.25, 0.3) is 18.2 Å². The van der Waals surface area contributed by atoms with E-state index in [0.717, 1.165) is 12.8 Å². The molecule has 0 aliphatic carbocycles. The lowest BCUT2D eigenvalue weighted by Crippen LogP contribution is -2.35. The van der Waals surface area contributed by atoms with Crippen LogP contribution in [0.3, 0.4) is 0 Å². The fourth-order valence-corrected chi connectivity index (χ4v) is 4.52. The van der Waals surface area contributed by atoms with Gasteiger partial charge in [-0.05, 0) is 42.9 Å². The van der Waals surface area contributed by atoms with Crippen molar-refractivity contribution in [2.45, 2.75) is 25.4 Å². The maximum Gasteiger partial charge on any atom is 0.280 e. The molecule has 3 atom stereocenters. The Bertz CT molecular complexity index is 949. The maximum atomic E-state index is 12.7. The van der Waals surface area contributed by atoms with Gasteiger partial charge in [0.05, 0.1) is 11.3 Å². The molecule has 4 heterocycles. The number of nitrogens with zero attached hydrogens (tertiary/aromatic N) is 5. The van der Waals surface area contributed by atoms with Gasteiger partial charge >= 0.3 is 0 Å². The number of hydrogen-bond acceptors (Lipinski definition) is 5. The van der Waals surface area contributed by atoms with Gasteiger partial charge in [-0.15, -0.1) is 0 Å². The summed E-state index contributed by atoms with van der Waals surface area (Å²) in [6, 6.07) is 4.19. The molecule has 10 heteroatoms. The van der Waals surface area contributed by atoms with Crippen LogP contribution in [0.2, 0.25) is 0 Å². The second-order valence-corrected chi connectivity index (χ2v) is 8.19. The van der Waals surface area contributed by atoms with Crippen molar-refractivity contribution in [2.24, 2.45) is 18.9 Å². The van der Waals surface area contributed by atoms with Crippen molar-refractivity contribution in [3.05, 3.63) is 47.5 Å². The van der Waals surface area contributed by atoms with E-state index >= 15 is 0 Å². The molecule has 2 aromatic rings. The minimum atomic E-state index is -2.66. The van der Waals surface area contributed by atoms with Crippen LogP contribution < -0.4 is 0 Å². The third kappa shape index (κ3) is 4.30. The van der Waals surface area contributed by atoms with E-state index in [0.29, 0.717) is 37.4 Å². The van der Waals surface area contributed by atoms with E-state index in [1.54, 1.807) is 29.1 Å². The molecule has 3 unspecified atom stereocenters. The maximum absolute atomic E-state index is 12.7. The molecule has 0 spiro atoms. The lowest BCUT2D eigenvalue weighted by molar-refractivity contribution is -0.140. The van der Waals surface area contributed by atoms with Crippen LogP contribution in [0.25, 0.3) is 0 Å². The first-order valence-electron chi connectivity index (χ1n) is 10.3. The largest absolute Gasteiger partial charge is 0.377 e. The highest BCUT2D eigenvalue weighted by atomic mass is 19.3. The Morgan fingerprint density at radius 1 is 1.10 bits per heavy atom. The van der Waals surface area contributed by atoms with Crippen molar-refractivity contribution in [3.63, 3.8) is 0 Å². The highest BCUT2D eigenvalue weighted by molar-refractivity contribution is 5.94. The molecule has 0 saturated carbocycles. The smallest absolute Gasteiger partial charge is 0.280 e. The number of pyridine rings is 1. The van der Waals surface area contributed by atoms with Crippen molar-refractivity contribution in [2.75, 3.05) is 26.2 Å². The van der Waals surface area contributed by atoms with E-state index in [2.05, 4.69) is 10.1 Å². The monoisotopic (exact) mass is 433 g/mol. The fourth-order valence-electron chi connectivity index (χ4n) is 4.52. The molecule has 8 nitrogen and oxygen atoms in total. The SMILES string of the molecule is Cn1nccc1C(O)C(=O)N1CCC(C2CCN(C(=O)c3ccc(C(F)F)nc3)C2)C1. The summed E-state index contributed by atoms with van der Waals surface area (Å²) in [5.41, 5.74) is 0.407. The first-order chi connectivity index (χ1) is 14.8. The molecule has 0 bridgehead atoms. The summed E-state index contributed by atoms with van der Waals surface area (Å²) in [7, 11) is 1.68. The molecule has 2 aliphatic rings. The Morgan fingerprint density at radius 3 is 2.35 bits per heavy atom. The summed E-state index contributed by atoms with van der Waals surface area (Å²) in [5.74, 6) is -0.0423. The molecule has 2 saturated heterocycles. The van der Waals surface area contributed by atoms with Crippen molar-refractivity contribution >= 4 is 11.8 Å². The van der Waals surface area contributed by atoms with E-state index in [1.165, 1.54) is 23.0 Å². The Hall–Kier alpha value is -2.88. The lowest BCUT2D eigenvalue weighted by Gasteiger charge is -2.23. The van der Waals surface area contributed by atoms with Gasteiger partial charge in [-0.2, -0.15) is 5.10 Å². The molecule has 31 heavy (non-hydrogen) atoms. The van der Waals surface area contributed by atoms with Crippen LogP contribution >= 0.6 is 0 Å². The molecular weight excluding hydrogens is 408 g/mol. The third-order valence-corrected chi connectivity index (χ3v) is 6.34. The standard InChI is InChI=1S/C21H25F2N5O3/c1-26-17(4-7-25-26)18(29)21(31)28-9-6-15(12-28)14-5-8-27(11-14)20(30)13-2-3-16(19(22)23)24-10-13/h2-4,7,10,14-15,18-19,29H,5-6,8-9,11-12H2,1H3. The molecular formula is C21H25F2N5O3. The van der Waals surface area contributed by atoms with Gasteiger partial charge in [0.1, 0.15) is 5.69 Å². The van der Waals surface area contributed by atoms with Crippen LogP contribution in [-0.4, -0.2) is 67.7 Å². The first-order valence-corrected chi connectivity index (χ1v) is 10.3.